The Morgan fingerprint density at radius 1 is 1.14 bits per heavy atom. The van der Waals surface area contributed by atoms with E-state index in [-0.39, 0.29) is 17.6 Å². The van der Waals surface area contributed by atoms with Gasteiger partial charge in [-0.25, -0.2) is 0 Å². The Hall–Kier alpha value is -2.48. The Labute approximate surface area is 164 Å². The largest absolute Gasteiger partial charge is 0.434 e. The molecule has 1 aromatic carbocycles. The maximum Gasteiger partial charge on any atom is 0.387 e. The molecule has 0 radical (unpaired) electrons. The van der Waals surface area contributed by atoms with Gasteiger partial charge in [0.05, 0.1) is 6.54 Å². The average Bonchev–Trinajstić information content (AvgIpc) is 2.68. The van der Waals surface area contributed by atoms with E-state index < -0.39 is 6.61 Å². The molecule has 1 saturated heterocycles. The Bertz CT molecular complexity index is 685. The second-order valence-corrected chi connectivity index (χ2v) is 6.42. The van der Waals surface area contributed by atoms with Crippen LogP contribution in [0.2, 0.25) is 0 Å². The highest BCUT2D eigenvalue weighted by Crippen LogP contribution is 2.21. The molecule has 0 saturated carbocycles. The Morgan fingerprint density at radius 2 is 1.79 bits per heavy atom. The van der Waals surface area contributed by atoms with Crippen molar-refractivity contribution in [1.29, 1.82) is 0 Å². The van der Waals surface area contributed by atoms with Crippen LogP contribution in [0.25, 0.3) is 6.08 Å². The molecular formula is C20H27F2N3O3. The summed E-state index contributed by atoms with van der Waals surface area (Å²) < 4.78 is 29.4. The third-order valence-corrected chi connectivity index (χ3v) is 4.70. The van der Waals surface area contributed by atoms with Crippen LogP contribution in [-0.2, 0) is 9.59 Å². The van der Waals surface area contributed by atoms with E-state index in [9.17, 15) is 18.4 Å². The number of para-hydroxylation sites is 1. The summed E-state index contributed by atoms with van der Waals surface area (Å²) in [6.07, 6.45) is 2.85. The minimum absolute atomic E-state index is 0.0290. The first kappa shape index (κ1) is 21.8. The molecule has 2 rings (SSSR count). The number of piperazine rings is 1. The standard InChI is InChI=1S/C20H27F2N3O3/c1-3-24(4-2)19(27)15-23-11-13-25(14-12-23)18(26)10-9-16-7-5-6-8-17(16)28-20(21)22/h5-10,20H,3-4,11-15H2,1-2H3/b10-9+. The summed E-state index contributed by atoms with van der Waals surface area (Å²) in [5, 5.41) is 0. The molecule has 8 heteroatoms. The lowest BCUT2D eigenvalue weighted by Gasteiger charge is -2.34. The van der Waals surface area contributed by atoms with Gasteiger partial charge in [0.15, 0.2) is 0 Å². The second kappa shape index (κ2) is 10.8. The molecule has 0 aromatic heterocycles. The van der Waals surface area contributed by atoms with Crippen molar-refractivity contribution in [3.63, 3.8) is 0 Å². The van der Waals surface area contributed by atoms with Crippen LogP contribution in [0.15, 0.2) is 30.3 Å². The Kier molecular flexibility index (Phi) is 8.38. The van der Waals surface area contributed by atoms with Gasteiger partial charge in [0.1, 0.15) is 5.75 Å². The number of likely N-dealkylation sites (N-methyl/N-ethyl adjacent to an activating group) is 1. The van der Waals surface area contributed by atoms with Crippen molar-refractivity contribution in [2.75, 3.05) is 45.8 Å². The van der Waals surface area contributed by atoms with Crippen LogP contribution in [0.5, 0.6) is 5.75 Å². The highest BCUT2D eigenvalue weighted by Gasteiger charge is 2.22. The zero-order chi connectivity index (χ0) is 20.5. The van der Waals surface area contributed by atoms with E-state index >= 15 is 0 Å². The maximum atomic E-state index is 12.5. The van der Waals surface area contributed by atoms with Gasteiger partial charge in [0.25, 0.3) is 0 Å². The summed E-state index contributed by atoms with van der Waals surface area (Å²) in [6.45, 7) is 5.01. The number of ether oxygens (including phenoxy) is 1. The predicted octanol–water partition coefficient (Wildman–Crippen LogP) is 2.31. The molecule has 2 amide bonds. The predicted molar refractivity (Wildman–Crippen MR) is 103 cm³/mol. The SMILES string of the molecule is CCN(CC)C(=O)CN1CCN(C(=O)/C=C/c2ccccc2OC(F)F)CC1. The number of hydrogen-bond acceptors (Lipinski definition) is 4. The Morgan fingerprint density at radius 3 is 2.39 bits per heavy atom. The molecule has 1 aliphatic rings. The Balaban J connectivity index is 1.87. The number of benzene rings is 1. The smallest absolute Gasteiger partial charge is 0.387 e. The lowest BCUT2D eigenvalue weighted by Crippen LogP contribution is -2.51. The summed E-state index contributed by atoms with van der Waals surface area (Å²) in [5.41, 5.74) is 0.416. The van der Waals surface area contributed by atoms with Crippen molar-refractivity contribution in [1.82, 2.24) is 14.7 Å². The van der Waals surface area contributed by atoms with Crippen LogP contribution in [0.1, 0.15) is 19.4 Å². The quantitative estimate of drug-likeness (QED) is 0.634. The van der Waals surface area contributed by atoms with Gasteiger partial charge in [-0.15, -0.1) is 0 Å². The van der Waals surface area contributed by atoms with Crippen molar-refractivity contribution < 1.29 is 23.1 Å². The first-order valence-corrected chi connectivity index (χ1v) is 9.45. The van der Waals surface area contributed by atoms with Gasteiger partial charge in [-0.2, -0.15) is 8.78 Å². The molecule has 0 N–H and O–H groups in total. The number of nitrogens with zero attached hydrogens (tertiary/aromatic N) is 3. The van der Waals surface area contributed by atoms with E-state index in [2.05, 4.69) is 4.74 Å². The van der Waals surface area contributed by atoms with Gasteiger partial charge < -0.3 is 14.5 Å². The zero-order valence-electron chi connectivity index (χ0n) is 16.3. The number of halogens is 2. The number of hydrogen-bond donors (Lipinski definition) is 0. The molecule has 1 heterocycles. The molecule has 0 atom stereocenters. The molecule has 0 bridgehead atoms. The van der Waals surface area contributed by atoms with Crippen LogP contribution in [-0.4, -0.2) is 78.9 Å². The van der Waals surface area contributed by atoms with E-state index in [0.29, 0.717) is 51.4 Å². The first-order chi connectivity index (χ1) is 13.4. The van der Waals surface area contributed by atoms with Crippen molar-refractivity contribution in [3.8, 4) is 5.75 Å². The van der Waals surface area contributed by atoms with Gasteiger partial charge in [-0.1, -0.05) is 18.2 Å². The molecule has 6 nitrogen and oxygen atoms in total. The topological polar surface area (TPSA) is 53.1 Å². The number of alkyl halides is 2. The molecule has 1 aliphatic heterocycles. The first-order valence-electron chi connectivity index (χ1n) is 9.45. The van der Waals surface area contributed by atoms with Gasteiger partial charge in [0, 0.05) is 50.9 Å². The zero-order valence-corrected chi connectivity index (χ0v) is 16.3. The second-order valence-electron chi connectivity index (χ2n) is 6.42. The van der Waals surface area contributed by atoms with E-state index in [0.717, 1.165) is 0 Å². The highest BCUT2D eigenvalue weighted by molar-refractivity contribution is 5.92. The minimum atomic E-state index is -2.92. The summed E-state index contributed by atoms with van der Waals surface area (Å²) >= 11 is 0. The summed E-state index contributed by atoms with van der Waals surface area (Å²) in [4.78, 5) is 30.1. The van der Waals surface area contributed by atoms with Crippen molar-refractivity contribution in [2.45, 2.75) is 20.5 Å². The van der Waals surface area contributed by atoms with Crippen LogP contribution < -0.4 is 4.74 Å². The number of rotatable bonds is 8. The summed E-state index contributed by atoms with van der Waals surface area (Å²) in [6, 6.07) is 6.32. The molecule has 28 heavy (non-hydrogen) atoms. The summed E-state index contributed by atoms with van der Waals surface area (Å²) in [5.74, 6) is -0.0665. The van der Waals surface area contributed by atoms with Gasteiger partial charge >= 0.3 is 6.61 Å². The maximum absolute atomic E-state index is 12.5. The van der Waals surface area contributed by atoms with E-state index in [1.807, 2.05) is 18.7 Å². The van der Waals surface area contributed by atoms with Crippen molar-refractivity contribution >= 4 is 17.9 Å². The monoisotopic (exact) mass is 395 g/mol. The van der Waals surface area contributed by atoms with Crippen LogP contribution >= 0.6 is 0 Å². The lowest BCUT2D eigenvalue weighted by molar-refractivity contribution is -0.133. The normalized spacial score (nSPS) is 15.2. The van der Waals surface area contributed by atoms with Gasteiger partial charge in [-0.3, -0.25) is 14.5 Å². The van der Waals surface area contributed by atoms with Crippen LogP contribution in [0.3, 0.4) is 0 Å². The third-order valence-electron chi connectivity index (χ3n) is 4.70. The van der Waals surface area contributed by atoms with E-state index in [4.69, 9.17) is 0 Å². The summed E-state index contributed by atoms with van der Waals surface area (Å²) in [7, 11) is 0. The average molecular weight is 395 g/mol. The molecule has 0 spiro atoms. The fraction of sp³-hybridized carbons (Fsp3) is 0.500. The number of carbonyl (C=O) groups excluding carboxylic acids is 2. The lowest BCUT2D eigenvalue weighted by atomic mass is 10.2. The number of amides is 2. The number of carbonyl (C=O) groups is 2. The third kappa shape index (κ3) is 6.30. The van der Waals surface area contributed by atoms with Crippen molar-refractivity contribution in [2.24, 2.45) is 0 Å². The molecule has 0 unspecified atom stereocenters. The highest BCUT2D eigenvalue weighted by atomic mass is 19.3. The van der Waals surface area contributed by atoms with E-state index in [1.54, 1.807) is 28.0 Å². The fourth-order valence-corrected chi connectivity index (χ4v) is 3.08. The van der Waals surface area contributed by atoms with Crippen molar-refractivity contribution in [3.05, 3.63) is 35.9 Å². The van der Waals surface area contributed by atoms with Gasteiger partial charge in [0.2, 0.25) is 11.8 Å². The molecule has 1 aromatic rings. The molecule has 0 aliphatic carbocycles. The minimum Gasteiger partial charge on any atom is -0.434 e. The van der Waals surface area contributed by atoms with Crippen LogP contribution in [0, 0.1) is 0 Å². The van der Waals surface area contributed by atoms with Crippen LogP contribution in [0.4, 0.5) is 8.78 Å². The molecule has 154 valence electrons. The molecule has 1 fully saturated rings. The fourth-order valence-electron chi connectivity index (χ4n) is 3.08. The van der Waals surface area contributed by atoms with E-state index in [1.165, 1.54) is 18.2 Å². The van der Waals surface area contributed by atoms with Gasteiger partial charge in [-0.05, 0) is 26.0 Å². The molecular weight excluding hydrogens is 368 g/mol.